The van der Waals surface area contributed by atoms with E-state index in [2.05, 4.69) is 60.5 Å². The molecule has 28 heavy (non-hydrogen) atoms. The fraction of sp³-hybridized carbons (Fsp3) is 0.480. The minimum absolute atomic E-state index is 0.00198. The van der Waals surface area contributed by atoms with Gasteiger partial charge in [0.25, 0.3) is 5.91 Å². The topological polar surface area (TPSA) is 32.3 Å². The average Bonchev–Trinajstić information content (AvgIpc) is 2.73. The number of aryl methyl sites for hydroxylation is 2. The third-order valence-electron chi connectivity index (χ3n) is 6.37. The van der Waals surface area contributed by atoms with E-state index in [0.29, 0.717) is 0 Å². The highest BCUT2D eigenvalue weighted by Crippen LogP contribution is 2.25. The summed E-state index contributed by atoms with van der Waals surface area (Å²) in [5.41, 5.74) is 6.00. The van der Waals surface area contributed by atoms with Gasteiger partial charge in [0.15, 0.2) is 0 Å². The standard InChI is InChI=1S/C25H32N2O/c1-18-6-5-15-27(17-18)24-13-11-20(12-14-24)19(2)26-25(28)23-10-9-21-7-3-4-8-22(21)16-23/h9-14,16,18-19H,3-8,15,17H2,1-2H3,(H,26,28)/t18-,19+/m0/s1. The normalized spacial score (nSPS) is 20.4. The molecule has 1 saturated heterocycles. The molecular formula is C25H32N2O. The number of anilines is 1. The molecule has 1 N–H and O–H groups in total. The van der Waals surface area contributed by atoms with Gasteiger partial charge in [-0.15, -0.1) is 0 Å². The highest BCUT2D eigenvalue weighted by Gasteiger charge is 2.18. The number of hydrogen-bond donors (Lipinski definition) is 1. The van der Waals surface area contributed by atoms with Crippen molar-refractivity contribution < 1.29 is 4.79 Å². The summed E-state index contributed by atoms with van der Waals surface area (Å²) in [5, 5.41) is 3.17. The Morgan fingerprint density at radius 2 is 1.79 bits per heavy atom. The Balaban J connectivity index is 1.40. The van der Waals surface area contributed by atoms with Crippen molar-refractivity contribution in [3.8, 4) is 0 Å². The third kappa shape index (κ3) is 4.24. The van der Waals surface area contributed by atoms with Crippen molar-refractivity contribution in [3.63, 3.8) is 0 Å². The third-order valence-corrected chi connectivity index (χ3v) is 6.37. The fourth-order valence-electron chi connectivity index (χ4n) is 4.64. The van der Waals surface area contributed by atoms with E-state index in [9.17, 15) is 4.79 Å². The lowest BCUT2D eigenvalue weighted by Gasteiger charge is -2.33. The second-order valence-corrected chi connectivity index (χ2v) is 8.67. The van der Waals surface area contributed by atoms with Crippen molar-refractivity contribution in [1.29, 1.82) is 0 Å². The predicted octanol–water partition coefficient (Wildman–Crippen LogP) is 5.29. The van der Waals surface area contributed by atoms with Crippen LogP contribution in [0.15, 0.2) is 42.5 Å². The van der Waals surface area contributed by atoms with Gasteiger partial charge in [0.2, 0.25) is 0 Å². The monoisotopic (exact) mass is 376 g/mol. The molecule has 0 spiro atoms. The highest BCUT2D eigenvalue weighted by atomic mass is 16.1. The van der Waals surface area contributed by atoms with Crippen LogP contribution in [0, 0.1) is 5.92 Å². The molecular weight excluding hydrogens is 344 g/mol. The zero-order valence-corrected chi connectivity index (χ0v) is 17.2. The van der Waals surface area contributed by atoms with Crippen LogP contribution >= 0.6 is 0 Å². The maximum Gasteiger partial charge on any atom is 0.251 e. The summed E-state index contributed by atoms with van der Waals surface area (Å²) in [7, 11) is 0. The number of rotatable bonds is 4. The highest BCUT2D eigenvalue weighted by molar-refractivity contribution is 5.94. The second kappa shape index (κ2) is 8.38. The Bertz CT molecular complexity index is 827. The van der Waals surface area contributed by atoms with Gasteiger partial charge in [-0.25, -0.2) is 0 Å². The molecule has 1 fully saturated rings. The number of piperidine rings is 1. The molecule has 2 aromatic carbocycles. The number of benzene rings is 2. The molecule has 3 nitrogen and oxygen atoms in total. The number of carbonyl (C=O) groups excluding carboxylic acids is 1. The molecule has 4 rings (SSSR count). The van der Waals surface area contributed by atoms with E-state index in [-0.39, 0.29) is 11.9 Å². The Morgan fingerprint density at radius 1 is 1.04 bits per heavy atom. The van der Waals surface area contributed by atoms with E-state index in [1.54, 1.807) is 0 Å². The lowest BCUT2D eigenvalue weighted by atomic mass is 9.90. The Morgan fingerprint density at radius 3 is 2.54 bits per heavy atom. The molecule has 0 bridgehead atoms. The van der Waals surface area contributed by atoms with Crippen molar-refractivity contribution in [2.75, 3.05) is 18.0 Å². The summed E-state index contributed by atoms with van der Waals surface area (Å²) < 4.78 is 0. The first-order valence-electron chi connectivity index (χ1n) is 10.9. The largest absolute Gasteiger partial charge is 0.371 e. The molecule has 1 amide bonds. The van der Waals surface area contributed by atoms with E-state index < -0.39 is 0 Å². The Hall–Kier alpha value is -2.29. The maximum atomic E-state index is 12.7. The van der Waals surface area contributed by atoms with Crippen LogP contribution in [0.3, 0.4) is 0 Å². The second-order valence-electron chi connectivity index (χ2n) is 8.67. The van der Waals surface area contributed by atoms with E-state index >= 15 is 0 Å². The van der Waals surface area contributed by atoms with Gasteiger partial charge in [-0.3, -0.25) is 4.79 Å². The zero-order chi connectivity index (χ0) is 19.5. The SMILES string of the molecule is C[C@H]1CCCN(c2ccc([C@@H](C)NC(=O)c3ccc4c(c3)CCCC4)cc2)C1. The Kier molecular flexibility index (Phi) is 5.70. The molecule has 3 heteroatoms. The first-order chi connectivity index (χ1) is 13.6. The van der Waals surface area contributed by atoms with Gasteiger partial charge >= 0.3 is 0 Å². The van der Waals surface area contributed by atoms with E-state index in [1.165, 1.54) is 42.5 Å². The number of amides is 1. The van der Waals surface area contributed by atoms with Gasteiger partial charge in [0.1, 0.15) is 0 Å². The van der Waals surface area contributed by atoms with Crippen molar-refractivity contribution in [2.24, 2.45) is 5.92 Å². The van der Waals surface area contributed by atoms with Gasteiger partial charge in [-0.1, -0.05) is 25.1 Å². The van der Waals surface area contributed by atoms with Crippen LogP contribution in [-0.4, -0.2) is 19.0 Å². The first kappa shape index (κ1) is 19.0. The smallest absolute Gasteiger partial charge is 0.251 e. The molecule has 2 aliphatic rings. The van der Waals surface area contributed by atoms with Gasteiger partial charge in [0.05, 0.1) is 6.04 Å². The lowest BCUT2D eigenvalue weighted by molar-refractivity contribution is 0.0939. The minimum Gasteiger partial charge on any atom is -0.371 e. The van der Waals surface area contributed by atoms with Crippen molar-refractivity contribution >= 4 is 11.6 Å². The Labute approximate surface area is 169 Å². The quantitative estimate of drug-likeness (QED) is 0.786. The van der Waals surface area contributed by atoms with Crippen LogP contribution < -0.4 is 10.2 Å². The van der Waals surface area contributed by atoms with Crippen LogP contribution in [0.25, 0.3) is 0 Å². The van der Waals surface area contributed by atoms with Crippen molar-refractivity contribution in [2.45, 2.75) is 58.4 Å². The van der Waals surface area contributed by atoms with Crippen molar-refractivity contribution in [1.82, 2.24) is 5.32 Å². The molecule has 148 valence electrons. The number of fused-ring (bicyclic) bond motifs is 1. The summed E-state index contributed by atoms with van der Waals surface area (Å²) in [5.74, 6) is 0.790. The number of nitrogens with zero attached hydrogens (tertiary/aromatic N) is 1. The van der Waals surface area contributed by atoms with Gasteiger partial charge < -0.3 is 10.2 Å². The van der Waals surface area contributed by atoms with Crippen LogP contribution in [0.1, 0.15) is 72.6 Å². The van der Waals surface area contributed by atoms with Crippen LogP contribution in [0.4, 0.5) is 5.69 Å². The molecule has 0 saturated carbocycles. The van der Waals surface area contributed by atoms with Gasteiger partial charge in [0, 0.05) is 24.3 Å². The predicted molar refractivity (Wildman–Crippen MR) is 116 cm³/mol. The number of carbonyl (C=O) groups is 1. The summed E-state index contributed by atoms with van der Waals surface area (Å²) in [6.45, 7) is 6.69. The summed E-state index contributed by atoms with van der Waals surface area (Å²) in [6, 6.07) is 14.9. The molecule has 2 aromatic rings. The number of nitrogens with one attached hydrogen (secondary N) is 1. The van der Waals surface area contributed by atoms with Gasteiger partial charge in [-0.2, -0.15) is 0 Å². The van der Waals surface area contributed by atoms with E-state index in [4.69, 9.17) is 0 Å². The summed E-state index contributed by atoms with van der Waals surface area (Å²) in [6.07, 6.45) is 7.35. The average molecular weight is 377 g/mol. The molecule has 1 aliphatic heterocycles. The molecule has 0 aromatic heterocycles. The lowest BCUT2D eigenvalue weighted by Crippen LogP contribution is -2.34. The fourth-order valence-corrected chi connectivity index (χ4v) is 4.64. The van der Waals surface area contributed by atoms with Crippen molar-refractivity contribution in [3.05, 3.63) is 64.7 Å². The van der Waals surface area contributed by atoms with E-state index in [0.717, 1.165) is 43.0 Å². The zero-order valence-electron chi connectivity index (χ0n) is 17.2. The maximum absolute atomic E-state index is 12.7. The number of hydrogen-bond acceptors (Lipinski definition) is 2. The first-order valence-corrected chi connectivity index (χ1v) is 10.9. The van der Waals surface area contributed by atoms with Crippen LogP contribution in [-0.2, 0) is 12.8 Å². The van der Waals surface area contributed by atoms with Crippen LogP contribution in [0.5, 0.6) is 0 Å². The summed E-state index contributed by atoms with van der Waals surface area (Å²) in [4.78, 5) is 15.2. The van der Waals surface area contributed by atoms with Crippen LogP contribution in [0.2, 0.25) is 0 Å². The molecule has 2 atom stereocenters. The molecule has 0 unspecified atom stereocenters. The molecule has 0 radical (unpaired) electrons. The molecule has 1 heterocycles. The summed E-state index contributed by atoms with van der Waals surface area (Å²) >= 11 is 0. The van der Waals surface area contributed by atoms with Gasteiger partial charge in [-0.05, 0) is 92.3 Å². The molecule has 1 aliphatic carbocycles. The minimum atomic E-state index is -0.00198. The van der Waals surface area contributed by atoms with E-state index in [1.807, 2.05) is 6.07 Å².